The Hall–Kier alpha value is -4.64. The van der Waals surface area contributed by atoms with Crippen LogP contribution >= 0.6 is 11.8 Å². The molecule has 0 fully saturated rings. The van der Waals surface area contributed by atoms with E-state index in [1.54, 1.807) is 45.2 Å². The fraction of sp³-hybridized carbons (Fsp3) is 0.324. The summed E-state index contributed by atoms with van der Waals surface area (Å²) in [5.41, 5.74) is 4.68. The Kier molecular flexibility index (Phi) is 9.87. The number of rotatable bonds is 11. The average Bonchev–Trinajstić information content (AvgIpc) is 3.38. The highest BCUT2D eigenvalue weighted by Crippen LogP contribution is 2.50. The molecule has 0 bridgehead atoms. The number of aromatic amines is 1. The van der Waals surface area contributed by atoms with Gasteiger partial charge in [-0.05, 0) is 90.4 Å². The van der Waals surface area contributed by atoms with E-state index in [0.717, 1.165) is 22.0 Å². The third kappa shape index (κ3) is 6.73. The summed E-state index contributed by atoms with van der Waals surface area (Å²) in [4.78, 5) is 42.8. The summed E-state index contributed by atoms with van der Waals surface area (Å²) in [5, 5.41) is 10.2. The highest BCUT2D eigenvalue weighted by molar-refractivity contribution is 7.98. The van der Waals surface area contributed by atoms with Crippen molar-refractivity contribution in [2.45, 2.75) is 38.3 Å². The van der Waals surface area contributed by atoms with Gasteiger partial charge in [0.05, 0.1) is 33.1 Å². The Bertz CT molecular complexity index is 1790. The summed E-state index contributed by atoms with van der Waals surface area (Å²) in [5.74, 6) is 1.69. The molecule has 1 aromatic heterocycles. The second-order valence-electron chi connectivity index (χ2n) is 10.8. The number of methoxy groups -OCH3 is 3. The number of H-pyrrole nitrogens is 1. The van der Waals surface area contributed by atoms with E-state index in [2.05, 4.69) is 20.9 Å². The smallest absolute Gasteiger partial charge is 0.246 e. The highest BCUT2D eigenvalue weighted by atomic mass is 32.2. The highest BCUT2D eigenvalue weighted by Gasteiger charge is 2.30. The third-order valence-electron chi connectivity index (χ3n) is 7.99. The number of nitrogens with one attached hydrogen (secondary N) is 4. The van der Waals surface area contributed by atoms with E-state index in [4.69, 9.17) is 14.2 Å². The standard InChI is InChI=1S/C34H38N4O6S/c1-19(39)36-26-9-6-21-17-30(42-2)32(43-3)33(44-4)31(21)23-8-11-27(29(40)18-24(23)26)38-28(13-15-45-5)34(41)37-22-7-10-25-20(16-22)12-14-35-25/h7-8,10-12,14,16-18,26,28,35H,6,9,13,15H2,1-5H3,(H,36,39)(H,37,41)(H,38,40)/t26-,28-/m0/s1. The van der Waals surface area contributed by atoms with Gasteiger partial charge in [0.15, 0.2) is 11.5 Å². The van der Waals surface area contributed by atoms with Crippen LogP contribution in [0.25, 0.3) is 22.0 Å². The first-order valence-corrected chi connectivity index (χ1v) is 16.1. The molecule has 0 saturated heterocycles. The summed E-state index contributed by atoms with van der Waals surface area (Å²) < 4.78 is 17.2. The number of benzene rings is 2. The van der Waals surface area contributed by atoms with Crippen molar-refractivity contribution in [3.8, 4) is 28.4 Å². The van der Waals surface area contributed by atoms with Crippen molar-refractivity contribution < 1.29 is 23.8 Å². The van der Waals surface area contributed by atoms with Crippen LogP contribution in [0.5, 0.6) is 17.2 Å². The van der Waals surface area contributed by atoms with Crippen molar-refractivity contribution in [2.75, 3.05) is 44.0 Å². The number of anilines is 2. The van der Waals surface area contributed by atoms with Gasteiger partial charge < -0.3 is 35.1 Å². The molecule has 0 aliphatic heterocycles. The van der Waals surface area contributed by atoms with Crippen LogP contribution in [0.2, 0.25) is 0 Å². The minimum Gasteiger partial charge on any atom is -0.493 e. The summed E-state index contributed by atoms with van der Waals surface area (Å²) >= 11 is 1.62. The van der Waals surface area contributed by atoms with Crippen LogP contribution in [0.1, 0.15) is 36.9 Å². The van der Waals surface area contributed by atoms with Gasteiger partial charge in [-0.2, -0.15) is 11.8 Å². The predicted molar refractivity (Wildman–Crippen MR) is 180 cm³/mol. The predicted octanol–water partition coefficient (Wildman–Crippen LogP) is 5.52. The van der Waals surface area contributed by atoms with Crippen LogP contribution in [0.3, 0.4) is 0 Å². The monoisotopic (exact) mass is 630 g/mol. The van der Waals surface area contributed by atoms with Gasteiger partial charge >= 0.3 is 0 Å². The lowest BCUT2D eigenvalue weighted by Gasteiger charge is -2.19. The molecule has 4 N–H and O–H groups in total. The summed E-state index contributed by atoms with van der Waals surface area (Å²) in [6.45, 7) is 1.46. The molecule has 0 unspecified atom stereocenters. The second kappa shape index (κ2) is 14.0. The van der Waals surface area contributed by atoms with Gasteiger partial charge in [-0.1, -0.05) is 6.07 Å². The lowest BCUT2D eigenvalue weighted by atomic mass is 9.95. The zero-order valence-electron chi connectivity index (χ0n) is 26.0. The lowest BCUT2D eigenvalue weighted by molar-refractivity contribution is -0.120. The van der Waals surface area contributed by atoms with E-state index < -0.39 is 12.1 Å². The summed E-state index contributed by atoms with van der Waals surface area (Å²) in [7, 11) is 4.67. The van der Waals surface area contributed by atoms with Gasteiger partial charge in [0, 0.05) is 35.3 Å². The molecule has 11 heteroatoms. The van der Waals surface area contributed by atoms with E-state index >= 15 is 0 Å². The molecule has 1 aliphatic carbocycles. The van der Waals surface area contributed by atoms with Crippen molar-refractivity contribution in [1.82, 2.24) is 10.3 Å². The third-order valence-corrected chi connectivity index (χ3v) is 8.64. The zero-order valence-corrected chi connectivity index (χ0v) is 26.9. The maximum atomic E-state index is 13.8. The minimum absolute atomic E-state index is 0.206. The van der Waals surface area contributed by atoms with Crippen molar-refractivity contribution >= 4 is 45.9 Å². The number of aromatic nitrogens is 1. The van der Waals surface area contributed by atoms with E-state index in [-0.39, 0.29) is 22.9 Å². The number of thioether (sulfide) groups is 1. The molecule has 45 heavy (non-hydrogen) atoms. The van der Waals surface area contributed by atoms with Crippen LogP contribution in [0.15, 0.2) is 59.5 Å². The maximum Gasteiger partial charge on any atom is 0.246 e. The number of carbonyl (C=O) groups is 2. The van der Waals surface area contributed by atoms with Gasteiger partial charge in [0.25, 0.3) is 0 Å². The van der Waals surface area contributed by atoms with Crippen LogP contribution in [0, 0.1) is 0 Å². The molecule has 3 aromatic carbocycles. The summed E-state index contributed by atoms with van der Waals surface area (Å²) in [6, 6.07) is 13.5. The molecular weight excluding hydrogens is 592 g/mol. The first-order valence-electron chi connectivity index (χ1n) is 14.7. The second-order valence-corrected chi connectivity index (χ2v) is 11.8. The van der Waals surface area contributed by atoms with Crippen molar-refractivity contribution in [2.24, 2.45) is 0 Å². The molecule has 5 rings (SSSR count). The zero-order chi connectivity index (χ0) is 32.1. The molecule has 0 saturated carbocycles. The van der Waals surface area contributed by atoms with Crippen LogP contribution in [-0.2, 0) is 16.0 Å². The molecule has 0 spiro atoms. The van der Waals surface area contributed by atoms with Crippen molar-refractivity contribution in [3.63, 3.8) is 0 Å². The van der Waals surface area contributed by atoms with Gasteiger partial charge in [-0.25, -0.2) is 0 Å². The van der Waals surface area contributed by atoms with Crippen LogP contribution in [0.4, 0.5) is 11.4 Å². The molecule has 1 heterocycles. The Balaban J connectivity index is 1.58. The van der Waals surface area contributed by atoms with Gasteiger partial charge in [0.2, 0.25) is 23.0 Å². The molecule has 2 amide bonds. The molecule has 1 aliphatic rings. The topological polar surface area (TPSA) is 131 Å². The number of hydrogen-bond acceptors (Lipinski definition) is 8. The van der Waals surface area contributed by atoms with Gasteiger partial charge in [0.1, 0.15) is 6.04 Å². The Morgan fingerprint density at radius 2 is 1.82 bits per heavy atom. The number of amides is 2. The van der Waals surface area contributed by atoms with Crippen LogP contribution in [-0.4, -0.2) is 56.2 Å². The number of carbonyl (C=O) groups excluding carboxylic acids is 2. The number of ether oxygens (including phenoxy) is 3. The lowest BCUT2D eigenvalue weighted by Crippen LogP contribution is -2.36. The first kappa shape index (κ1) is 31.8. The van der Waals surface area contributed by atoms with Crippen molar-refractivity contribution in [1.29, 1.82) is 0 Å². The van der Waals surface area contributed by atoms with Gasteiger partial charge in [-0.15, -0.1) is 0 Å². The fourth-order valence-corrected chi connectivity index (χ4v) is 6.35. The van der Waals surface area contributed by atoms with E-state index in [1.807, 2.05) is 48.9 Å². The molecular formula is C34H38N4O6S. The molecule has 10 nitrogen and oxygen atoms in total. The van der Waals surface area contributed by atoms with E-state index in [9.17, 15) is 14.4 Å². The normalized spacial score (nSPS) is 14.4. The molecule has 2 atom stereocenters. The fourth-order valence-electron chi connectivity index (χ4n) is 5.88. The maximum absolute atomic E-state index is 13.8. The Labute approximate surface area is 266 Å². The van der Waals surface area contributed by atoms with Crippen LogP contribution < -0.4 is 35.6 Å². The van der Waals surface area contributed by atoms with Gasteiger partial charge in [-0.3, -0.25) is 14.4 Å². The Morgan fingerprint density at radius 3 is 2.53 bits per heavy atom. The number of hydrogen-bond donors (Lipinski definition) is 4. The number of aryl methyl sites for hydroxylation is 1. The molecule has 236 valence electrons. The first-order chi connectivity index (χ1) is 21.8. The number of fused-ring (bicyclic) bond motifs is 4. The molecule has 4 aromatic rings. The quantitative estimate of drug-likeness (QED) is 0.171. The molecule has 0 radical (unpaired) electrons. The SMILES string of the molecule is COc1cc2c(c(OC)c1OC)-c1ccc(N[C@@H](CCSC)C(=O)Nc3ccc4[nH]ccc4c3)c(=O)cc1[C@@H](NC(C)=O)CC2. The average molecular weight is 631 g/mol. The summed E-state index contributed by atoms with van der Waals surface area (Å²) in [6.07, 6.45) is 5.47. The van der Waals surface area contributed by atoms with E-state index in [0.29, 0.717) is 59.1 Å². The largest absolute Gasteiger partial charge is 0.493 e. The Morgan fingerprint density at radius 1 is 1.02 bits per heavy atom. The van der Waals surface area contributed by atoms with E-state index in [1.165, 1.54) is 6.92 Å². The minimum atomic E-state index is -0.674. The van der Waals surface area contributed by atoms with Crippen molar-refractivity contribution in [3.05, 3.63) is 76.1 Å².